The van der Waals surface area contributed by atoms with Crippen molar-refractivity contribution < 1.29 is 17.9 Å². The molecular formula is C10H17ClN2O4S2. The maximum atomic E-state index is 11.9. The van der Waals surface area contributed by atoms with E-state index >= 15 is 0 Å². The molecule has 110 valence electrons. The number of methoxy groups -OCH3 is 1. The van der Waals surface area contributed by atoms with Gasteiger partial charge in [0.2, 0.25) is 10.0 Å². The number of thiophene rings is 1. The highest BCUT2D eigenvalue weighted by Crippen LogP contribution is 2.20. The van der Waals surface area contributed by atoms with E-state index in [1.54, 1.807) is 7.05 Å². The summed E-state index contributed by atoms with van der Waals surface area (Å²) < 4.78 is 30.9. The Hall–Kier alpha value is -0.670. The van der Waals surface area contributed by atoms with Gasteiger partial charge in [-0.05, 0) is 20.0 Å². The summed E-state index contributed by atoms with van der Waals surface area (Å²) in [7, 11) is -0.565. The highest BCUT2D eigenvalue weighted by atomic mass is 35.5. The molecule has 1 aromatic heterocycles. The van der Waals surface area contributed by atoms with Gasteiger partial charge in [0.05, 0.1) is 12.7 Å². The van der Waals surface area contributed by atoms with Gasteiger partial charge in [0, 0.05) is 18.0 Å². The first kappa shape index (κ1) is 18.3. The predicted molar refractivity (Wildman–Crippen MR) is 76.6 cm³/mol. The molecule has 6 nitrogen and oxygen atoms in total. The van der Waals surface area contributed by atoms with Crippen LogP contribution in [0.15, 0.2) is 15.7 Å². The zero-order valence-electron chi connectivity index (χ0n) is 10.8. The molecule has 0 saturated carbocycles. The van der Waals surface area contributed by atoms with Crippen LogP contribution in [0.25, 0.3) is 0 Å². The molecular weight excluding hydrogens is 312 g/mol. The van der Waals surface area contributed by atoms with E-state index in [9.17, 15) is 13.2 Å². The Morgan fingerprint density at radius 2 is 2.16 bits per heavy atom. The second-order valence-corrected chi connectivity index (χ2v) is 6.59. The number of likely N-dealkylation sites (N-methyl/N-ethyl adjacent to an activating group) is 1. The van der Waals surface area contributed by atoms with Gasteiger partial charge >= 0.3 is 5.97 Å². The third-order valence-electron chi connectivity index (χ3n) is 2.33. The van der Waals surface area contributed by atoms with Gasteiger partial charge in [0.25, 0.3) is 0 Å². The molecule has 19 heavy (non-hydrogen) atoms. The summed E-state index contributed by atoms with van der Waals surface area (Å²) in [5.74, 6) is -0.545. The van der Waals surface area contributed by atoms with Crippen molar-refractivity contribution in [3.63, 3.8) is 0 Å². The lowest BCUT2D eigenvalue weighted by Gasteiger charge is -2.10. The smallest absolute Gasteiger partial charge is 0.338 e. The van der Waals surface area contributed by atoms with Crippen molar-refractivity contribution in [3.8, 4) is 0 Å². The Morgan fingerprint density at radius 3 is 2.68 bits per heavy atom. The van der Waals surface area contributed by atoms with Crippen LogP contribution in [-0.2, 0) is 14.8 Å². The largest absolute Gasteiger partial charge is 0.465 e. The van der Waals surface area contributed by atoms with Crippen molar-refractivity contribution in [2.45, 2.75) is 17.2 Å². The fourth-order valence-corrected chi connectivity index (χ4v) is 3.41. The molecule has 0 aliphatic heterocycles. The third kappa shape index (κ3) is 5.07. The minimum Gasteiger partial charge on any atom is -0.465 e. The summed E-state index contributed by atoms with van der Waals surface area (Å²) >= 11 is 0.988. The SMILES string of the molecule is CNC(C)CNS(=O)(=O)c1cc(C(=O)OC)cs1.Cl. The first-order valence-corrected chi connectivity index (χ1v) is 7.60. The van der Waals surface area contributed by atoms with Crippen molar-refractivity contribution >= 4 is 39.7 Å². The van der Waals surface area contributed by atoms with Gasteiger partial charge in [0.15, 0.2) is 0 Å². The van der Waals surface area contributed by atoms with Crippen molar-refractivity contribution in [2.24, 2.45) is 0 Å². The molecule has 0 aliphatic carbocycles. The quantitative estimate of drug-likeness (QED) is 0.756. The van der Waals surface area contributed by atoms with E-state index < -0.39 is 16.0 Å². The number of esters is 1. The van der Waals surface area contributed by atoms with Crippen LogP contribution in [0, 0.1) is 0 Å². The van der Waals surface area contributed by atoms with E-state index in [1.807, 2.05) is 6.92 Å². The van der Waals surface area contributed by atoms with Crippen LogP contribution in [-0.4, -0.2) is 41.1 Å². The zero-order chi connectivity index (χ0) is 13.8. The minimum absolute atomic E-state index is 0. The topological polar surface area (TPSA) is 84.5 Å². The van der Waals surface area contributed by atoms with Crippen LogP contribution in [0.5, 0.6) is 0 Å². The highest BCUT2D eigenvalue weighted by molar-refractivity contribution is 7.91. The van der Waals surface area contributed by atoms with Gasteiger partial charge < -0.3 is 10.1 Å². The molecule has 1 heterocycles. The molecule has 0 bridgehead atoms. The van der Waals surface area contributed by atoms with E-state index in [-0.39, 0.29) is 34.8 Å². The van der Waals surface area contributed by atoms with Gasteiger partial charge in [-0.15, -0.1) is 23.7 Å². The molecule has 0 aromatic carbocycles. The Labute approximate surface area is 123 Å². The molecule has 0 spiro atoms. The maximum absolute atomic E-state index is 11.9. The number of carbonyl (C=O) groups excluding carboxylic acids is 1. The number of hydrogen-bond donors (Lipinski definition) is 2. The third-order valence-corrected chi connectivity index (χ3v) is 5.20. The normalized spacial score (nSPS) is 12.6. The number of ether oxygens (including phenoxy) is 1. The predicted octanol–water partition coefficient (Wildman–Crippen LogP) is 0.843. The summed E-state index contributed by atoms with van der Waals surface area (Å²) in [5, 5.41) is 4.38. The molecule has 0 amide bonds. The first-order chi connectivity index (χ1) is 8.40. The summed E-state index contributed by atoms with van der Waals surface area (Å²) in [4.78, 5) is 11.2. The van der Waals surface area contributed by atoms with E-state index in [2.05, 4.69) is 14.8 Å². The lowest BCUT2D eigenvalue weighted by molar-refractivity contribution is 0.0601. The van der Waals surface area contributed by atoms with Crippen molar-refractivity contribution in [2.75, 3.05) is 20.7 Å². The molecule has 1 rings (SSSR count). The number of halogens is 1. The second-order valence-electron chi connectivity index (χ2n) is 3.69. The van der Waals surface area contributed by atoms with Crippen LogP contribution in [0.1, 0.15) is 17.3 Å². The van der Waals surface area contributed by atoms with Gasteiger partial charge in [-0.1, -0.05) is 0 Å². The van der Waals surface area contributed by atoms with Crippen LogP contribution < -0.4 is 10.0 Å². The van der Waals surface area contributed by atoms with Crippen LogP contribution >= 0.6 is 23.7 Å². The standard InChI is InChI=1S/C10H16N2O4S2.ClH/c1-7(11-2)5-12-18(14,15)9-4-8(6-17-9)10(13)16-3;/h4,6-7,11-12H,5H2,1-3H3;1H. The first-order valence-electron chi connectivity index (χ1n) is 5.24. The fraction of sp³-hybridized carbons (Fsp3) is 0.500. The molecule has 1 atom stereocenters. The lowest BCUT2D eigenvalue weighted by atomic mass is 10.3. The molecule has 2 N–H and O–H groups in total. The van der Waals surface area contributed by atoms with Gasteiger partial charge in [-0.3, -0.25) is 0 Å². The van der Waals surface area contributed by atoms with Gasteiger partial charge in [0.1, 0.15) is 4.21 Å². The number of hydrogen-bond acceptors (Lipinski definition) is 6. The van der Waals surface area contributed by atoms with Crippen molar-refractivity contribution in [3.05, 3.63) is 17.0 Å². The Kier molecular flexibility index (Phi) is 7.53. The van der Waals surface area contributed by atoms with E-state index in [1.165, 1.54) is 18.6 Å². The second kappa shape index (κ2) is 7.81. The summed E-state index contributed by atoms with van der Waals surface area (Å²) in [6.07, 6.45) is 0. The van der Waals surface area contributed by atoms with Crippen LogP contribution in [0.3, 0.4) is 0 Å². The van der Waals surface area contributed by atoms with E-state index in [4.69, 9.17) is 0 Å². The number of nitrogens with one attached hydrogen (secondary N) is 2. The molecule has 9 heteroatoms. The number of carbonyl (C=O) groups is 1. The Balaban J connectivity index is 0.00000324. The minimum atomic E-state index is -3.57. The number of sulfonamides is 1. The van der Waals surface area contributed by atoms with E-state index in [0.29, 0.717) is 0 Å². The summed E-state index contributed by atoms with van der Waals surface area (Å²) in [6, 6.07) is 1.34. The summed E-state index contributed by atoms with van der Waals surface area (Å²) in [6.45, 7) is 2.14. The highest BCUT2D eigenvalue weighted by Gasteiger charge is 2.19. The fourth-order valence-electron chi connectivity index (χ4n) is 1.09. The molecule has 0 aliphatic rings. The lowest BCUT2D eigenvalue weighted by Crippen LogP contribution is -2.36. The molecule has 1 aromatic rings. The molecule has 1 unspecified atom stereocenters. The molecule has 0 fully saturated rings. The number of rotatable bonds is 6. The zero-order valence-corrected chi connectivity index (χ0v) is 13.2. The van der Waals surface area contributed by atoms with Crippen LogP contribution in [0.4, 0.5) is 0 Å². The van der Waals surface area contributed by atoms with Gasteiger partial charge in [-0.25, -0.2) is 17.9 Å². The average molecular weight is 329 g/mol. The Morgan fingerprint density at radius 1 is 1.53 bits per heavy atom. The van der Waals surface area contributed by atoms with Crippen LogP contribution in [0.2, 0.25) is 0 Å². The monoisotopic (exact) mass is 328 g/mol. The maximum Gasteiger partial charge on any atom is 0.338 e. The molecule has 0 saturated heterocycles. The Bertz CT molecular complexity index is 515. The summed E-state index contributed by atoms with van der Waals surface area (Å²) in [5.41, 5.74) is 0.240. The van der Waals surface area contributed by atoms with E-state index in [0.717, 1.165) is 11.3 Å². The van der Waals surface area contributed by atoms with Crippen molar-refractivity contribution in [1.29, 1.82) is 0 Å². The average Bonchev–Trinajstić information content (AvgIpc) is 2.85. The molecule has 0 radical (unpaired) electrons. The van der Waals surface area contributed by atoms with Gasteiger partial charge in [-0.2, -0.15) is 0 Å². The van der Waals surface area contributed by atoms with Crippen molar-refractivity contribution in [1.82, 2.24) is 10.0 Å².